The van der Waals surface area contributed by atoms with Gasteiger partial charge in [-0.05, 0) is 4.92 Å². The Kier molecular flexibility index (Phi) is 11.4. The Morgan fingerprint density at radius 3 is 2.18 bits per heavy atom. The van der Waals surface area contributed by atoms with E-state index in [9.17, 15) is 10.1 Å². The van der Waals surface area contributed by atoms with Crippen molar-refractivity contribution >= 4 is 35.5 Å². The largest absolute Gasteiger partial charge is 0.477 e. The van der Waals surface area contributed by atoms with Gasteiger partial charge in [-0.25, -0.2) is 0 Å². The van der Waals surface area contributed by atoms with Crippen LogP contribution in [0.3, 0.4) is 0 Å². The average Bonchev–Trinajstić information content (AvgIpc) is 2.12. The second kappa shape index (κ2) is 7.50. The number of tetrazole rings is 1. The van der Waals surface area contributed by atoms with E-state index < -0.39 is 10.9 Å². The molecule has 0 saturated heterocycles. The van der Waals surface area contributed by atoms with Crippen molar-refractivity contribution in [1.82, 2.24) is 20.6 Å². The Balaban J connectivity index is -0.000000213. The second-order valence-electron chi connectivity index (χ2n) is 0.982. The van der Waals surface area contributed by atoms with Crippen LogP contribution in [0, 0.1) is 10.1 Å². The first-order valence-corrected chi connectivity index (χ1v) is 1.69. The van der Waals surface area contributed by atoms with Crippen molar-refractivity contribution in [2.24, 2.45) is 0 Å². The fourth-order valence-electron chi connectivity index (χ4n) is 0.232. The predicted octanol–water partition coefficient (Wildman–Crippen LogP) is -2.92. The number of hydrogen-bond donors (Lipinski definition) is 1. The third-order valence-electron chi connectivity index (χ3n) is 0.507. The van der Waals surface area contributed by atoms with Gasteiger partial charge in [0.2, 0.25) is 0 Å². The SMILES string of the molecule is O.O.O=[N+]([O-])c1nnn[nH]1.[Na]. The normalized spacial score (nSPS) is 6.55. The average molecular weight is 174 g/mol. The maximum absolute atomic E-state index is 9.69. The fraction of sp³-hybridized carbons (Fsp3) is 0. The van der Waals surface area contributed by atoms with Crippen LogP contribution >= 0.6 is 0 Å². The van der Waals surface area contributed by atoms with E-state index in [0.717, 1.165) is 0 Å². The number of nitrogens with one attached hydrogen (secondary N) is 1. The molecule has 11 heavy (non-hydrogen) atoms. The molecule has 0 aromatic carbocycles. The molecule has 0 amide bonds. The van der Waals surface area contributed by atoms with E-state index in [1.165, 1.54) is 0 Å². The van der Waals surface area contributed by atoms with Gasteiger partial charge >= 0.3 is 5.95 Å². The molecule has 0 spiro atoms. The summed E-state index contributed by atoms with van der Waals surface area (Å²) < 4.78 is 0. The van der Waals surface area contributed by atoms with Gasteiger partial charge in [-0.3, -0.25) is 0 Å². The Hall–Kier alpha value is -0.610. The molecule has 0 unspecified atom stereocenters. The molecule has 1 rings (SSSR count). The Bertz CT molecular complexity index is 186. The molecule has 59 valence electrons. The molecule has 5 N–H and O–H groups in total. The third-order valence-corrected chi connectivity index (χ3v) is 0.507. The van der Waals surface area contributed by atoms with E-state index in [2.05, 4.69) is 15.5 Å². The van der Waals surface area contributed by atoms with Gasteiger partial charge in [-0.15, -0.1) is 5.10 Å². The maximum atomic E-state index is 9.69. The van der Waals surface area contributed by atoms with Gasteiger partial charge < -0.3 is 21.1 Å². The van der Waals surface area contributed by atoms with Gasteiger partial charge in [0.15, 0.2) is 0 Å². The molecule has 0 atom stereocenters. The summed E-state index contributed by atoms with van der Waals surface area (Å²) in [6.07, 6.45) is 0. The molecule has 9 nitrogen and oxygen atoms in total. The zero-order valence-electron chi connectivity index (χ0n) is 5.61. The van der Waals surface area contributed by atoms with Crippen molar-refractivity contribution in [1.29, 1.82) is 0 Å². The van der Waals surface area contributed by atoms with Crippen LogP contribution in [0.4, 0.5) is 5.95 Å². The quantitative estimate of drug-likeness (QED) is 0.273. The summed E-state index contributed by atoms with van der Waals surface area (Å²) in [4.78, 5) is 8.99. The van der Waals surface area contributed by atoms with Crippen LogP contribution in [0.15, 0.2) is 0 Å². The minimum Gasteiger partial charge on any atom is -0.412 e. The molecular weight excluding hydrogens is 169 g/mol. The van der Waals surface area contributed by atoms with E-state index in [0.29, 0.717) is 0 Å². The van der Waals surface area contributed by atoms with Crippen LogP contribution in [0.25, 0.3) is 0 Å². The van der Waals surface area contributed by atoms with Crippen LogP contribution in [0.1, 0.15) is 0 Å². The van der Waals surface area contributed by atoms with E-state index in [1.54, 1.807) is 0 Å². The molecule has 1 aromatic heterocycles. The predicted molar refractivity (Wildman–Crippen MR) is 33.8 cm³/mol. The van der Waals surface area contributed by atoms with Gasteiger partial charge in [0.25, 0.3) is 0 Å². The number of nitrogens with zero attached hydrogens (tertiary/aromatic N) is 4. The molecule has 10 heteroatoms. The molecule has 0 aliphatic carbocycles. The summed E-state index contributed by atoms with van der Waals surface area (Å²) in [7, 11) is 0. The number of nitro groups is 1. The Morgan fingerprint density at radius 1 is 1.45 bits per heavy atom. The molecule has 1 radical (unpaired) electrons. The summed E-state index contributed by atoms with van der Waals surface area (Å²) >= 11 is 0. The van der Waals surface area contributed by atoms with E-state index >= 15 is 0 Å². The molecular formula is CH5N5NaO4. The summed E-state index contributed by atoms with van der Waals surface area (Å²) in [5, 5.41) is 20.6. The first kappa shape index (κ1) is 16.8. The monoisotopic (exact) mass is 174 g/mol. The minimum absolute atomic E-state index is 0. The van der Waals surface area contributed by atoms with Gasteiger partial charge in [0, 0.05) is 34.8 Å². The van der Waals surface area contributed by atoms with Gasteiger partial charge in [-0.2, -0.15) is 0 Å². The van der Waals surface area contributed by atoms with Gasteiger partial charge in [-0.1, -0.05) is 0 Å². The number of hydrogen-bond acceptors (Lipinski definition) is 5. The van der Waals surface area contributed by atoms with Crippen LogP contribution < -0.4 is 0 Å². The van der Waals surface area contributed by atoms with Crippen LogP contribution in [-0.2, 0) is 0 Å². The number of aromatic amines is 1. The molecule has 1 aromatic rings. The number of rotatable bonds is 1. The molecule has 0 aliphatic heterocycles. The number of aromatic nitrogens is 4. The summed E-state index contributed by atoms with van der Waals surface area (Å²) in [6.45, 7) is 0. The summed E-state index contributed by atoms with van der Waals surface area (Å²) in [6, 6.07) is 0. The van der Waals surface area contributed by atoms with Crippen molar-refractivity contribution in [2.45, 2.75) is 0 Å². The molecule has 0 bridgehead atoms. The molecule has 1 heterocycles. The van der Waals surface area contributed by atoms with Gasteiger partial charge in [0.05, 0.1) is 10.3 Å². The van der Waals surface area contributed by atoms with E-state index in [1.807, 2.05) is 5.10 Å². The van der Waals surface area contributed by atoms with E-state index in [4.69, 9.17) is 0 Å². The third kappa shape index (κ3) is 4.75. The Morgan fingerprint density at radius 2 is 2.00 bits per heavy atom. The molecule has 0 aliphatic rings. The second-order valence-corrected chi connectivity index (χ2v) is 0.982. The van der Waals surface area contributed by atoms with Crippen molar-refractivity contribution in [3.8, 4) is 0 Å². The van der Waals surface area contributed by atoms with Crippen LogP contribution in [-0.4, -0.2) is 66.1 Å². The van der Waals surface area contributed by atoms with Crippen molar-refractivity contribution in [2.75, 3.05) is 0 Å². The topological polar surface area (TPSA) is 161 Å². The zero-order valence-corrected chi connectivity index (χ0v) is 7.61. The van der Waals surface area contributed by atoms with Crippen molar-refractivity contribution < 1.29 is 15.9 Å². The van der Waals surface area contributed by atoms with Gasteiger partial charge in [0.1, 0.15) is 0 Å². The smallest absolute Gasteiger partial charge is 0.412 e. The standard InChI is InChI=1S/CHN5O2.Na.2H2O/c7-6(8)1-2-4-5-3-1;;;/h(H,2,3,4,5);;2*1H2. The summed E-state index contributed by atoms with van der Waals surface area (Å²) in [5.74, 6) is -0.440. The van der Waals surface area contributed by atoms with Crippen LogP contribution in [0.2, 0.25) is 0 Å². The number of H-pyrrole nitrogens is 1. The van der Waals surface area contributed by atoms with Crippen molar-refractivity contribution in [3.05, 3.63) is 10.1 Å². The maximum Gasteiger partial charge on any atom is 0.477 e. The van der Waals surface area contributed by atoms with Crippen LogP contribution in [0.5, 0.6) is 0 Å². The first-order chi connectivity index (χ1) is 3.80. The van der Waals surface area contributed by atoms with Crippen molar-refractivity contribution in [3.63, 3.8) is 0 Å². The Labute approximate surface area is 82.2 Å². The summed E-state index contributed by atoms with van der Waals surface area (Å²) in [5.41, 5.74) is 0. The zero-order chi connectivity index (χ0) is 5.98. The fourth-order valence-corrected chi connectivity index (χ4v) is 0.232. The molecule has 0 fully saturated rings. The van der Waals surface area contributed by atoms with E-state index in [-0.39, 0.29) is 40.5 Å². The minimum atomic E-state index is -0.708. The first-order valence-electron chi connectivity index (χ1n) is 1.69. The molecule has 0 saturated carbocycles.